The fourth-order valence-corrected chi connectivity index (χ4v) is 4.69. The van der Waals surface area contributed by atoms with Crippen molar-refractivity contribution in [1.29, 1.82) is 0 Å². The highest BCUT2D eigenvalue weighted by Crippen LogP contribution is 2.22. The second-order valence-corrected chi connectivity index (χ2v) is 9.62. The van der Waals surface area contributed by atoms with E-state index in [0.29, 0.717) is 0 Å². The third-order valence-electron chi connectivity index (χ3n) is 6.69. The smallest absolute Gasteiger partial charge is 0.0314 e. The predicted molar refractivity (Wildman–Crippen MR) is 139 cm³/mol. The normalized spacial score (nSPS) is 11.2. The van der Waals surface area contributed by atoms with Gasteiger partial charge in [0.05, 0.1) is 0 Å². The molecule has 2 aromatic carbocycles. The summed E-state index contributed by atoms with van der Waals surface area (Å²) < 4.78 is 0. The van der Waals surface area contributed by atoms with Crippen LogP contribution in [0.4, 0.5) is 5.69 Å². The van der Waals surface area contributed by atoms with Gasteiger partial charge in [-0.1, -0.05) is 108 Å². The number of hydrogen-bond acceptors (Lipinski definition) is 1. The Kier molecular flexibility index (Phi) is 12.4. The second kappa shape index (κ2) is 15.1. The molecule has 0 aliphatic rings. The molecule has 0 heterocycles. The van der Waals surface area contributed by atoms with Crippen molar-refractivity contribution in [2.24, 2.45) is 0 Å². The summed E-state index contributed by atoms with van der Waals surface area (Å²) in [5, 5.41) is 0. The van der Waals surface area contributed by atoms with Gasteiger partial charge in [-0.2, -0.15) is 0 Å². The molecular weight excluding hydrogens is 374 g/mol. The van der Waals surface area contributed by atoms with Gasteiger partial charge in [-0.15, -0.1) is 0 Å². The molecule has 0 unspecified atom stereocenters. The highest BCUT2D eigenvalue weighted by molar-refractivity contribution is 5.44. The molecule has 0 fully saturated rings. The molecule has 0 aliphatic carbocycles. The molecule has 0 aromatic heterocycles. The summed E-state index contributed by atoms with van der Waals surface area (Å²) in [6.07, 6.45) is 20.7. The Balaban J connectivity index is 1.59. The van der Waals surface area contributed by atoms with Gasteiger partial charge in [-0.3, -0.25) is 0 Å². The van der Waals surface area contributed by atoms with Crippen LogP contribution in [0.2, 0.25) is 0 Å². The summed E-state index contributed by atoms with van der Waals surface area (Å²) in [5.41, 5.74) is 13.8. The molecule has 2 N–H and O–H groups in total. The summed E-state index contributed by atoms with van der Waals surface area (Å²) in [7, 11) is 0. The molecule has 2 aromatic rings. The van der Waals surface area contributed by atoms with Gasteiger partial charge < -0.3 is 5.73 Å². The van der Waals surface area contributed by atoms with Crippen molar-refractivity contribution in [3.63, 3.8) is 0 Å². The minimum atomic E-state index is 0.838. The predicted octanol–water partition coefficient (Wildman–Crippen LogP) is 9.11. The van der Waals surface area contributed by atoms with Crippen LogP contribution in [-0.2, 0) is 12.8 Å². The fraction of sp³-hybridized carbons (Fsp3) is 0.600. The third kappa shape index (κ3) is 10.4. The Morgan fingerprint density at radius 1 is 0.581 bits per heavy atom. The van der Waals surface area contributed by atoms with E-state index in [0.717, 1.165) is 12.1 Å². The summed E-state index contributed by atoms with van der Waals surface area (Å²) in [5.74, 6) is 0. The number of aryl methyl sites for hydroxylation is 3. The first-order chi connectivity index (χ1) is 15.1. The molecule has 172 valence electrons. The van der Waals surface area contributed by atoms with Crippen molar-refractivity contribution in [2.75, 3.05) is 5.73 Å². The van der Waals surface area contributed by atoms with E-state index in [2.05, 4.69) is 45.0 Å². The number of nitrogen functional groups attached to an aromatic ring is 1. The molecule has 0 amide bonds. The summed E-state index contributed by atoms with van der Waals surface area (Å²) in [6, 6.07) is 13.1. The van der Waals surface area contributed by atoms with E-state index in [4.69, 9.17) is 5.73 Å². The number of anilines is 1. The molecule has 0 radical (unpaired) electrons. The highest BCUT2D eigenvalue weighted by Gasteiger charge is 2.07. The minimum Gasteiger partial charge on any atom is -0.399 e. The lowest BCUT2D eigenvalue weighted by molar-refractivity contribution is 0.539. The Hall–Kier alpha value is -1.76. The van der Waals surface area contributed by atoms with Crippen molar-refractivity contribution in [2.45, 2.75) is 117 Å². The van der Waals surface area contributed by atoms with Crippen LogP contribution in [0.3, 0.4) is 0 Å². The molecule has 0 spiro atoms. The largest absolute Gasteiger partial charge is 0.399 e. The van der Waals surface area contributed by atoms with Crippen LogP contribution in [0.1, 0.15) is 118 Å². The minimum absolute atomic E-state index is 0.838. The Bertz CT molecular complexity index is 706. The van der Waals surface area contributed by atoms with Crippen LogP contribution < -0.4 is 5.73 Å². The fourth-order valence-electron chi connectivity index (χ4n) is 4.69. The van der Waals surface area contributed by atoms with Crippen molar-refractivity contribution < 1.29 is 0 Å². The van der Waals surface area contributed by atoms with Crippen LogP contribution in [0.25, 0.3) is 0 Å². The lowest BCUT2D eigenvalue weighted by atomic mass is 9.92. The molecule has 1 heteroatoms. The van der Waals surface area contributed by atoms with Crippen molar-refractivity contribution in [3.8, 4) is 0 Å². The molecule has 1 nitrogen and oxygen atoms in total. The first-order valence-electron chi connectivity index (χ1n) is 13.0. The van der Waals surface area contributed by atoms with Gasteiger partial charge in [0.25, 0.3) is 0 Å². The topological polar surface area (TPSA) is 26.0 Å². The third-order valence-corrected chi connectivity index (χ3v) is 6.69. The summed E-state index contributed by atoms with van der Waals surface area (Å²) in [4.78, 5) is 0. The van der Waals surface area contributed by atoms with Gasteiger partial charge in [-0.25, -0.2) is 0 Å². The first kappa shape index (κ1) is 25.5. The maximum atomic E-state index is 5.82. The molecule has 0 atom stereocenters. The van der Waals surface area contributed by atoms with Crippen LogP contribution in [0, 0.1) is 13.8 Å². The van der Waals surface area contributed by atoms with Crippen LogP contribution in [-0.4, -0.2) is 0 Å². The van der Waals surface area contributed by atoms with Gasteiger partial charge in [0, 0.05) is 5.69 Å². The highest BCUT2D eigenvalue weighted by atomic mass is 14.5. The van der Waals surface area contributed by atoms with E-state index in [9.17, 15) is 0 Å². The number of unbranched alkanes of at least 4 members (excludes halogenated alkanes) is 12. The van der Waals surface area contributed by atoms with Gasteiger partial charge in [-0.05, 0) is 73.1 Å². The van der Waals surface area contributed by atoms with Crippen LogP contribution in [0.15, 0.2) is 36.4 Å². The van der Waals surface area contributed by atoms with E-state index in [1.165, 1.54) is 118 Å². The summed E-state index contributed by atoms with van der Waals surface area (Å²) >= 11 is 0. The van der Waals surface area contributed by atoms with Crippen LogP contribution in [0.5, 0.6) is 0 Å². The zero-order chi connectivity index (χ0) is 22.3. The molecule has 31 heavy (non-hydrogen) atoms. The van der Waals surface area contributed by atoms with Gasteiger partial charge in [0.1, 0.15) is 0 Å². The first-order valence-corrected chi connectivity index (χ1v) is 13.0. The lowest BCUT2D eigenvalue weighted by Gasteiger charge is -2.13. The average molecular weight is 422 g/mol. The van der Waals surface area contributed by atoms with E-state index < -0.39 is 0 Å². The standard InChI is InChI=1S/C30H47N/c1-4-5-6-7-8-9-10-11-12-13-14-15-16-17-28-22-25(2)30(26(3)23-28)24-27-18-20-29(31)21-19-27/h18-23H,4-17,24,31H2,1-3H3. The quantitative estimate of drug-likeness (QED) is 0.212. The number of benzene rings is 2. The SMILES string of the molecule is CCCCCCCCCCCCCCCc1cc(C)c(Cc2ccc(N)cc2)c(C)c1. The van der Waals surface area contributed by atoms with Crippen molar-refractivity contribution in [3.05, 3.63) is 64.2 Å². The average Bonchev–Trinajstić information content (AvgIpc) is 2.75. The Morgan fingerprint density at radius 3 is 1.52 bits per heavy atom. The monoisotopic (exact) mass is 421 g/mol. The maximum Gasteiger partial charge on any atom is 0.0314 e. The zero-order valence-corrected chi connectivity index (χ0v) is 20.6. The van der Waals surface area contributed by atoms with Gasteiger partial charge >= 0.3 is 0 Å². The second-order valence-electron chi connectivity index (χ2n) is 9.62. The Labute approximate surface area is 192 Å². The maximum absolute atomic E-state index is 5.82. The number of hydrogen-bond donors (Lipinski definition) is 1. The molecule has 0 saturated heterocycles. The zero-order valence-electron chi connectivity index (χ0n) is 20.6. The molecule has 0 saturated carbocycles. The molecule has 0 aliphatic heterocycles. The van der Waals surface area contributed by atoms with E-state index in [1.54, 1.807) is 0 Å². The molecule has 0 bridgehead atoms. The number of rotatable bonds is 16. The van der Waals surface area contributed by atoms with Gasteiger partial charge in [0.2, 0.25) is 0 Å². The van der Waals surface area contributed by atoms with Gasteiger partial charge in [0.15, 0.2) is 0 Å². The number of nitrogens with two attached hydrogens (primary N) is 1. The Morgan fingerprint density at radius 2 is 1.03 bits per heavy atom. The van der Waals surface area contributed by atoms with Crippen molar-refractivity contribution >= 4 is 5.69 Å². The van der Waals surface area contributed by atoms with Crippen molar-refractivity contribution in [1.82, 2.24) is 0 Å². The molecular formula is C30H47N. The summed E-state index contributed by atoms with van der Waals surface area (Å²) in [6.45, 7) is 6.84. The van der Waals surface area contributed by atoms with E-state index >= 15 is 0 Å². The van der Waals surface area contributed by atoms with Crippen LogP contribution >= 0.6 is 0 Å². The lowest BCUT2D eigenvalue weighted by Crippen LogP contribution is -1.99. The van der Waals surface area contributed by atoms with E-state index in [1.807, 2.05) is 12.1 Å². The van der Waals surface area contributed by atoms with E-state index in [-0.39, 0.29) is 0 Å². The molecule has 2 rings (SSSR count).